The Kier molecular flexibility index (Phi) is 0.880. The van der Waals surface area contributed by atoms with Gasteiger partial charge in [0.15, 0.2) is 0 Å². The molecule has 0 heteroatoms. The topological polar surface area (TPSA) is 0 Å². The third-order valence-corrected chi connectivity index (χ3v) is 17.9. The van der Waals surface area contributed by atoms with Crippen LogP contribution in [0.5, 0.6) is 0 Å². The van der Waals surface area contributed by atoms with Gasteiger partial charge in [-0.25, -0.2) is 0 Å². The molecule has 26 heavy (non-hydrogen) atoms. The molecule has 4 spiro atoms. The summed E-state index contributed by atoms with van der Waals surface area (Å²) in [4.78, 5) is 0. The Morgan fingerprint density at radius 3 is 2.04 bits per heavy atom. The van der Waals surface area contributed by atoms with Crippen LogP contribution < -0.4 is 0 Å². The van der Waals surface area contributed by atoms with Gasteiger partial charge in [0.1, 0.15) is 0 Å². The van der Waals surface area contributed by atoms with Crippen molar-refractivity contribution in [2.45, 2.75) is 25.7 Å². The molecule has 0 nitrogen and oxygen atoms in total. The van der Waals surface area contributed by atoms with Crippen LogP contribution in [-0.4, -0.2) is 0 Å². The Balaban J connectivity index is 1.15. The molecule has 0 heterocycles. The fraction of sp³-hybridized carbons (Fsp3) is 1.00. The summed E-state index contributed by atoms with van der Waals surface area (Å²) in [5.74, 6) is 23.8. The Morgan fingerprint density at radius 1 is 0.462 bits per heavy atom. The fourth-order valence-electron chi connectivity index (χ4n) is 19.9. The molecule has 0 aliphatic heterocycles. The first kappa shape index (κ1) is 10.7. The van der Waals surface area contributed by atoms with Crippen LogP contribution >= 0.6 is 0 Å². The largest absolute Gasteiger partial charge is 0.0467 e. The Hall–Kier alpha value is 0. The normalized spacial score (nSPS) is 108. The van der Waals surface area contributed by atoms with Crippen LogP contribution in [0.2, 0.25) is 0 Å². The Bertz CT molecular complexity index is 1040. The van der Waals surface area contributed by atoms with E-state index in [1.54, 1.807) is 25.7 Å². The maximum Gasteiger partial charge on any atom is -0.0156 e. The van der Waals surface area contributed by atoms with Gasteiger partial charge in [-0.15, -0.1) is 0 Å². The van der Waals surface area contributed by atoms with E-state index in [1.165, 1.54) is 107 Å². The lowest BCUT2D eigenvalue weighted by molar-refractivity contribution is -0.548. The average Bonchev–Trinajstić information content (AvgIpc) is 3.05. The van der Waals surface area contributed by atoms with Crippen molar-refractivity contribution in [1.82, 2.24) is 0 Å². The Morgan fingerprint density at radius 2 is 1.15 bits per heavy atom. The van der Waals surface area contributed by atoms with E-state index in [0.29, 0.717) is 0 Å². The van der Waals surface area contributed by atoms with E-state index in [2.05, 4.69) is 0 Å². The molecule has 0 N–H and O–H groups in total. The quantitative estimate of drug-likeness (QED) is 0.631. The molecule has 14 rings (SSSR count). The van der Waals surface area contributed by atoms with E-state index in [1.807, 2.05) is 0 Å². The molecule has 0 bridgehead atoms. The van der Waals surface area contributed by atoms with Gasteiger partial charge in [0.05, 0.1) is 0 Å². The van der Waals surface area contributed by atoms with Crippen molar-refractivity contribution >= 4 is 0 Å². The second-order valence-electron chi connectivity index (χ2n) is 15.2. The Labute approximate surface area is 154 Å². The third-order valence-electron chi connectivity index (χ3n) is 17.9. The van der Waals surface area contributed by atoms with Crippen molar-refractivity contribution in [2.24, 2.45) is 128 Å². The van der Waals surface area contributed by atoms with Crippen LogP contribution in [0.25, 0.3) is 0 Å². The van der Waals surface area contributed by atoms with Crippen molar-refractivity contribution in [3.05, 3.63) is 0 Å². The first-order chi connectivity index (χ1) is 12.9. The van der Waals surface area contributed by atoms with E-state index in [-0.39, 0.29) is 0 Å². The second-order valence-corrected chi connectivity index (χ2v) is 15.2. The lowest BCUT2D eigenvalue weighted by Crippen LogP contribution is -2.98. The number of hydrogen-bond donors (Lipinski definition) is 0. The maximum absolute atomic E-state index is 1.77. The number of rotatable bonds is 0. The van der Waals surface area contributed by atoms with Crippen molar-refractivity contribution in [2.75, 3.05) is 0 Å². The minimum atomic E-state index is 1.04. The van der Waals surface area contributed by atoms with E-state index < -0.39 is 0 Å². The molecule has 0 saturated heterocycles. The minimum Gasteiger partial charge on any atom is -0.0467 e. The molecule has 0 radical (unpaired) electrons. The first-order valence-electron chi connectivity index (χ1n) is 12.9. The van der Waals surface area contributed by atoms with E-state index >= 15 is 0 Å². The van der Waals surface area contributed by atoms with Gasteiger partial charge < -0.3 is 0 Å². The predicted molar refractivity (Wildman–Crippen MR) is 91.0 cm³/mol. The van der Waals surface area contributed by atoms with Gasteiger partial charge in [0, 0.05) is 0 Å². The van der Waals surface area contributed by atoms with Gasteiger partial charge >= 0.3 is 0 Å². The molecule has 14 aliphatic carbocycles. The summed E-state index contributed by atoms with van der Waals surface area (Å²) in [6.07, 6.45) is 6.97. The summed E-state index contributed by atoms with van der Waals surface area (Å²) in [6.45, 7) is 0. The summed E-state index contributed by atoms with van der Waals surface area (Å²) < 4.78 is 0. The summed E-state index contributed by atoms with van der Waals surface area (Å²) in [5.41, 5.74) is 4.19. The van der Waals surface area contributed by atoms with Gasteiger partial charge in [-0.05, 0) is 154 Å². The number of hydrogen-bond acceptors (Lipinski definition) is 0. The molecular weight excluding hydrogens is 312 g/mol. The van der Waals surface area contributed by atoms with Crippen LogP contribution in [0.1, 0.15) is 25.7 Å². The molecule has 14 fully saturated rings. The van der Waals surface area contributed by atoms with Crippen LogP contribution in [-0.2, 0) is 0 Å². The predicted octanol–water partition coefficient (Wildman–Crippen LogP) is 3.77. The maximum atomic E-state index is 1.77. The summed E-state index contributed by atoms with van der Waals surface area (Å²) in [6, 6.07) is 0. The van der Waals surface area contributed by atoms with Gasteiger partial charge in [-0.2, -0.15) is 0 Å². The second kappa shape index (κ2) is 2.14. The zero-order valence-electron chi connectivity index (χ0n) is 15.2. The average molecular weight is 338 g/mol. The van der Waals surface area contributed by atoms with Crippen molar-refractivity contribution in [1.29, 1.82) is 0 Å². The van der Waals surface area contributed by atoms with E-state index in [4.69, 9.17) is 0 Å². The monoisotopic (exact) mass is 338 g/mol. The SMILES string of the molecule is C1C2CC3C4C5C6CC7CC8C9C%10C%11C%12C%13C%14C1C2C3%14C%13C%124C%11C%105C9C786. The number of fused-ring (bicyclic) bond motifs is 10. The molecule has 22 atom stereocenters. The molecule has 0 aromatic heterocycles. The zero-order chi connectivity index (χ0) is 15.2. The van der Waals surface area contributed by atoms with E-state index in [0.717, 1.165) is 21.7 Å². The highest BCUT2D eigenvalue weighted by Crippen LogP contribution is 3.17. The minimum absolute atomic E-state index is 1.04. The molecule has 0 amide bonds. The lowest BCUT2D eigenvalue weighted by Gasteiger charge is -3.01. The smallest absolute Gasteiger partial charge is 0.0156 e. The van der Waals surface area contributed by atoms with Crippen molar-refractivity contribution in [3.63, 3.8) is 0 Å². The highest BCUT2D eigenvalue weighted by atomic mass is 15.2. The van der Waals surface area contributed by atoms with Gasteiger partial charge in [-0.1, -0.05) is 0 Å². The third kappa shape index (κ3) is 0.429. The summed E-state index contributed by atoms with van der Waals surface area (Å²) in [7, 11) is 0. The standard InChI is InChI=1S/C26H26/c1-5-2-9-16-17-10-4-6-3-8-11-18-13-19-12-15-7(1)14(5)24(9,15)21(12)26(16,19)22(13)25(17,18)20(11)23(6,8)10/h5-22H,1-4H2. The van der Waals surface area contributed by atoms with Crippen LogP contribution in [0, 0.1) is 128 Å². The van der Waals surface area contributed by atoms with Crippen LogP contribution in [0.4, 0.5) is 0 Å². The first-order valence-corrected chi connectivity index (χ1v) is 12.9. The summed E-state index contributed by atoms with van der Waals surface area (Å²) in [5, 5.41) is 0. The van der Waals surface area contributed by atoms with E-state index in [9.17, 15) is 0 Å². The molecule has 130 valence electrons. The fourth-order valence-corrected chi connectivity index (χ4v) is 19.9. The highest BCUT2D eigenvalue weighted by Gasteiger charge is 3.14. The molecule has 14 saturated carbocycles. The van der Waals surface area contributed by atoms with Crippen LogP contribution in [0.3, 0.4) is 0 Å². The molecular formula is C26H26. The zero-order valence-corrected chi connectivity index (χ0v) is 15.2. The van der Waals surface area contributed by atoms with Crippen molar-refractivity contribution in [3.8, 4) is 0 Å². The molecule has 0 aromatic carbocycles. The highest BCUT2D eigenvalue weighted by molar-refractivity contribution is 5.60. The molecule has 22 unspecified atom stereocenters. The molecule has 14 aliphatic rings. The van der Waals surface area contributed by atoms with Gasteiger partial charge in [0.25, 0.3) is 0 Å². The lowest BCUT2D eigenvalue weighted by atomic mass is 9.03. The summed E-state index contributed by atoms with van der Waals surface area (Å²) >= 11 is 0. The van der Waals surface area contributed by atoms with Gasteiger partial charge in [-0.3, -0.25) is 0 Å². The van der Waals surface area contributed by atoms with Gasteiger partial charge in [0.2, 0.25) is 0 Å². The molecule has 0 aromatic rings. The van der Waals surface area contributed by atoms with Crippen molar-refractivity contribution < 1.29 is 0 Å². The van der Waals surface area contributed by atoms with Crippen LogP contribution in [0.15, 0.2) is 0 Å².